The molecule has 0 radical (unpaired) electrons. The first-order valence-electron chi connectivity index (χ1n) is 7.75. The van der Waals surface area contributed by atoms with E-state index in [1.807, 2.05) is 0 Å². The first-order chi connectivity index (χ1) is 10.3. The smallest absolute Gasteiger partial charge is 0.400 e. The molecular weight excluding hydrogens is 293 g/mol. The van der Waals surface area contributed by atoms with Gasteiger partial charge in [0.15, 0.2) is 0 Å². The lowest BCUT2D eigenvalue weighted by Crippen LogP contribution is -2.41. The van der Waals surface area contributed by atoms with Gasteiger partial charge in [-0.05, 0) is 57.3 Å². The van der Waals surface area contributed by atoms with Crippen LogP contribution in [-0.2, 0) is 15.7 Å². The highest BCUT2D eigenvalue weighted by molar-refractivity contribution is 7.80. The Bertz CT molecular complexity index is 524. The predicted molar refractivity (Wildman–Crippen MR) is 97.1 cm³/mol. The molecule has 3 nitrogen and oxygen atoms in total. The predicted octanol–water partition coefficient (Wildman–Crippen LogP) is 3.13. The van der Waals surface area contributed by atoms with Gasteiger partial charge >= 0.3 is 7.12 Å². The molecule has 1 aromatic rings. The van der Waals surface area contributed by atoms with E-state index in [1.165, 1.54) is 5.56 Å². The highest BCUT2D eigenvalue weighted by Crippen LogP contribution is 2.39. The van der Waals surface area contributed by atoms with Gasteiger partial charge in [0.05, 0.1) is 11.2 Å². The van der Waals surface area contributed by atoms with Crippen LogP contribution >= 0.6 is 12.6 Å². The number of hydrogen-bond acceptors (Lipinski definition) is 4. The Morgan fingerprint density at radius 3 is 2.14 bits per heavy atom. The number of thiol groups is 1. The second-order valence-corrected chi connectivity index (χ2v) is 7.06. The Morgan fingerprint density at radius 2 is 1.68 bits per heavy atom. The molecule has 0 aliphatic carbocycles. The normalized spacial score (nSPS) is 20.5. The van der Waals surface area contributed by atoms with E-state index in [0.29, 0.717) is 12.3 Å². The van der Waals surface area contributed by atoms with E-state index in [-0.39, 0.29) is 18.3 Å². The molecule has 5 heteroatoms. The SMILES string of the molecule is CC1(C)OB(C(=Cc2ccc(CCN)cc2)CS)OC1(C)C. The summed E-state index contributed by atoms with van der Waals surface area (Å²) in [6, 6.07) is 8.41. The van der Waals surface area contributed by atoms with Crippen LogP contribution in [0.2, 0.25) is 0 Å². The highest BCUT2D eigenvalue weighted by Gasteiger charge is 2.52. The Labute approximate surface area is 139 Å². The molecule has 0 atom stereocenters. The van der Waals surface area contributed by atoms with Gasteiger partial charge in [-0.25, -0.2) is 0 Å². The quantitative estimate of drug-likeness (QED) is 0.647. The summed E-state index contributed by atoms with van der Waals surface area (Å²) in [6.07, 6.45) is 3.00. The van der Waals surface area contributed by atoms with E-state index in [1.54, 1.807) is 0 Å². The molecule has 0 aromatic heterocycles. The van der Waals surface area contributed by atoms with E-state index >= 15 is 0 Å². The van der Waals surface area contributed by atoms with Crippen LogP contribution in [-0.4, -0.2) is 30.6 Å². The van der Waals surface area contributed by atoms with Crippen LogP contribution in [0.5, 0.6) is 0 Å². The second-order valence-electron chi connectivity index (χ2n) is 6.75. The first-order valence-corrected chi connectivity index (χ1v) is 8.38. The molecule has 22 heavy (non-hydrogen) atoms. The summed E-state index contributed by atoms with van der Waals surface area (Å²) in [5.41, 5.74) is 8.33. The molecule has 1 aromatic carbocycles. The van der Waals surface area contributed by atoms with E-state index in [0.717, 1.165) is 17.5 Å². The van der Waals surface area contributed by atoms with Crippen molar-refractivity contribution in [3.63, 3.8) is 0 Å². The van der Waals surface area contributed by atoms with Crippen molar-refractivity contribution in [2.24, 2.45) is 5.73 Å². The van der Waals surface area contributed by atoms with Crippen LogP contribution < -0.4 is 5.73 Å². The van der Waals surface area contributed by atoms with Crippen molar-refractivity contribution in [1.29, 1.82) is 0 Å². The molecular formula is C17H26BNO2S. The molecule has 0 unspecified atom stereocenters. The molecule has 1 heterocycles. The van der Waals surface area contributed by atoms with E-state index < -0.39 is 0 Å². The zero-order chi connectivity index (χ0) is 16.4. The summed E-state index contributed by atoms with van der Waals surface area (Å²) >= 11 is 4.44. The molecule has 1 saturated heterocycles. The molecule has 120 valence electrons. The van der Waals surface area contributed by atoms with Crippen LogP contribution in [0.25, 0.3) is 6.08 Å². The Hall–Kier alpha value is -0.745. The number of benzene rings is 1. The fourth-order valence-corrected chi connectivity index (χ4v) is 2.58. The van der Waals surface area contributed by atoms with Crippen molar-refractivity contribution in [1.82, 2.24) is 0 Å². The van der Waals surface area contributed by atoms with Crippen molar-refractivity contribution >= 4 is 25.8 Å². The first kappa shape index (κ1) is 17.6. The van der Waals surface area contributed by atoms with Crippen molar-refractivity contribution in [3.8, 4) is 0 Å². The van der Waals surface area contributed by atoms with E-state index in [2.05, 4.69) is 70.7 Å². The molecule has 0 bridgehead atoms. The summed E-state index contributed by atoms with van der Waals surface area (Å²) in [4.78, 5) is 0. The van der Waals surface area contributed by atoms with Gasteiger partial charge in [0.25, 0.3) is 0 Å². The van der Waals surface area contributed by atoms with Gasteiger partial charge in [0.1, 0.15) is 0 Å². The third kappa shape index (κ3) is 3.77. The van der Waals surface area contributed by atoms with Crippen molar-refractivity contribution in [3.05, 3.63) is 40.9 Å². The van der Waals surface area contributed by atoms with E-state index in [4.69, 9.17) is 15.0 Å². The highest BCUT2D eigenvalue weighted by atomic mass is 32.1. The van der Waals surface area contributed by atoms with Gasteiger partial charge < -0.3 is 15.0 Å². The average Bonchev–Trinajstić information content (AvgIpc) is 2.67. The summed E-state index contributed by atoms with van der Waals surface area (Å²) in [5.74, 6) is 0.599. The second kappa shape index (κ2) is 6.79. The van der Waals surface area contributed by atoms with Gasteiger partial charge in [0, 0.05) is 5.75 Å². The molecule has 0 spiro atoms. The number of nitrogens with two attached hydrogens (primary N) is 1. The Balaban J connectivity index is 2.18. The Morgan fingerprint density at radius 1 is 1.14 bits per heavy atom. The molecule has 1 fully saturated rings. The fraction of sp³-hybridized carbons (Fsp3) is 0.529. The molecule has 0 saturated carbocycles. The zero-order valence-electron chi connectivity index (χ0n) is 13.9. The third-order valence-corrected chi connectivity index (χ3v) is 4.87. The lowest BCUT2D eigenvalue weighted by molar-refractivity contribution is 0.00578. The number of hydrogen-bond donors (Lipinski definition) is 2. The molecule has 2 rings (SSSR count). The summed E-state index contributed by atoms with van der Waals surface area (Å²) in [6.45, 7) is 8.91. The largest absolute Gasteiger partial charge is 0.491 e. The van der Waals surface area contributed by atoms with Crippen LogP contribution in [0.1, 0.15) is 38.8 Å². The topological polar surface area (TPSA) is 44.5 Å². The summed E-state index contributed by atoms with van der Waals surface area (Å²) in [5, 5.41) is 0. The maximum absolute atomic E-state index is 6.10. The lowest BCUT2D eigenvalue weighted by atomic mass is 9.78. The van der Waals surface area contributed by atoms with Crippen molar-refractivity contribution in [2.75, 3.05) is 12.3 Å². The summed E-state index contributed by atoms with van der Waals surface area (Å²) < 4.78 is 12.2. The van der Waals surface area contributed by atoms with Crippen LogP contribution in [0.4, 0.5) is 0 Å². The van der Waals surface area contributed by atoms with Gasteiger partial charge in [-0.3, -0.25) is 0 Å². The maximum Gasteiger partial charge on any atom is 0.491 e. The molecule has 1 aliphatic rings. The fourth-order valence-electron chi connectivity index (χ4n) is 2.34. The van der Waals surface area contributed by atoms with Crippen molar-refractivity contribution in [2.45, 2.75) is 45.3 Å². The van der Waals surface area contributed by atoms with Gasteiger partial charge in [-0.15, -0.1) is 0 Å². The minimum absolute atomic E-state index is 0.329. The number of rotatable bonds is 5. The monoisotopic (exact) mass is 319 g/mol. The van der Waals surface area contributed by atoms with Gasteiger partial charge in [-0.1, -0.05) is 30.3 Å². The summed E-state index contributed by atoms with van der Waals surface area (Å²) in [7, 11) is -0.341. The van der Waals surface area contributed by atoms with Crippen LogP contribution in [0.15, 0.2) is 29.7 Å². The van der Waals surface area contributed by atoms with Crippen LogP contribution in [0, 0.1) is 0 Å². The van der Waals surface area contributed by atoms with E-state index in [9.17, 15) is 0 Å². The maximum atomic E-state index is 6.10. The molecule has 0 amide bonds. The van der Waals surface area contributed by atoms with Crippen LogP contribution in [0.3, 0.4) is 0 Å². The standard InChI is InChI=1S/C17H26BNO2S/c1-16(2)17(3,4)21-18(20-16)15(12-22)11-14-7-5-13(6-8-14)9-10-19/h5-8,11,22H,9-10,12,19H2,1-4H3. The minimum atomic E-state index is -0.341. The average molecular weight is 319 g/mol. The van der Waals surface area contributed by atoms with Crippen molar-refractivity contribution < 1.29 is 9.31 Å². The zero-order valence-corrected chi connectivity index (χ0v) is 14.8. The Kier molecular flexibility index (Phi) is 5.43. The van der Waals surface area contributed by atoms with Gasteiger partial charge in [-0.2, -0.15) is 12.6 Å². The van der Waals surface area contributed by atoms with Gasteiger partial charge in [0.2, 0.25) is 0 Å². The lowest BCUT2D eigenvalue weighted by Gasteiger charge is -2.32. The third-order valence-electron chi connectivity index (χ3n) is 4.50. The molecule has 2 N–H and O–H groups in total. The molecule has 1 aliphatic heterocycles. The minimum Gasteiger partial charge on any atom is -0.400 e.